The number of nitrogens with zero attached hydrogens (tertiary/aromatic N) is 3. The van der Waals surface area contributed by atoms with Gasteiger partial charge in [0.25, 0.3) is 0 Å². The maximum Gasteiger partial charge on any atom is 0.243 e. The van der Waals surface area contributed by atoms with Gasteiger partial charge in [0.2, 0.25) is 5.95 Å². The largest absolute Gasteiger partial charge is 0.352 e. The Hall–Kier alpha value is -2.46. The van der Waals surface area contributed by atoms with Crippen LogP contribution in [0.1, 0.15) is 0 Å². The van der Waals surface area contributed by atoms with Crippen molar-refractivity contribution in [2.75, 3.05) is 17.7 Å². The molecule has 22 heavy (non-hydrogen) atoms. The van der Waals surface area contributed by atoms with Crippen LogP contribution in [0.4, 0.5) is 5.95 Å². The first-order valence-corrected chi connectivity index (χ1v) is 7.57. The predicted octanol–water partition coefficient (Wildman–Crippen LogP) is 3.86. The van der Waals surface area contributed by atoms with Gasteiger partial charge in [0, 0.05) is 23.6 Å². The number of nitrogens with one attached hydrogen (secondary N) is 1. The third-order valence-electron chi connectivity index (χ3n) is 3.16. The summed E-state index contributed by atoms with van der Waals surface area (Å²) >= 11 is 5.70. The van der Waals surface area contributed by atoms with E-state index in [9.17, 15) is 0 Å². The summed E-state index contributed by atoms with van der Waals surface area (Å²) < 4.78 is 0. The van der Waals surface area contributed by atoms with Crippen LogP contribution < -0.4 is 5.32 Å². The summed E-state index contributed by atoms with van der Waals surface area (Å²) in [7, 11) is 0. The summed E-state index contributed by atoms with van der Waals surface area (Å²) in [5.74, 6) is 0.976. The first-order valence-electron chi connectivity index (χ1n) is 7.04. The van der Waals surface area contributed by atoms with Crippen LogP contribution in [-0.2, 0) is 0 Å². The minimum absolute atomic E-state index is 0.485. The van der Waals surface area contributed by atoms with E-state index in [4.69, 9.17) is 11.6 Å². The highest BCUT2D eigenvalue weighted by atomic mass is 35.5. The number of aromatic nitrogens is 3. The van der Waals surface area contributed by atoms with Crippen molar-refractivity contribution in [1.82, 2.24) is 15.2 Å². The third kappa shape index (κ3) is 3.23. The molecule has 4 nitrogen and oxygen atoms in total. The molecule has 0 aliphatic heterocycles. The summed E-state index contributed by atoms with van der Waals surface area (Å²) in [6, 6.07) is 19.9. The Morgan fingerprint density at radius 1 is 0.773 bits per heavy atom. The average molecular weight is 311 g/mol. The molecule has 0 fully saturated rings. The first kappa shape index (κ1) is 14.5. The molecule has 0 atom stereocenters. The Bertz CT molecular complexity index is 732. The first-order chi connectivity index (χ1) is 10.9. The van der Waals surface area contributed by atoms with Crippen molar-refractivity contribution in [3.05, 3.63) is 60.7 Å². The Balaban J connectivity index is 2.09. The number of benzene rings is 2. The molecule has 0 radical (unpaired) electrons. The van der Waals surface area contributed by atoms with Crippen LogP contribution in [0.15, 0.2) is 60.7 Å². The van der Waals surface area contributed by atoms with Crippen LogP contribution in [0.3, 0.4) is 0 Å². The Morgan fingerprint density at radius 2 is 1.36 bits per heavy atom. The lowest BCUT2D eigenvalue weighted by molar-refractivity contribution is 0.966. The molecule has 1 aromatic heterocycles. The Morgan fingerprint density at radius 3 is 1.95 bits per heavy atom. The van der Waals surface area contributed by atoms with Gasteiger partial charge in [-0.05, 0) is 0 Å². The van der Waals surface area contributed by atoms with E-state index in [2.05, 4.69) is 20.5 Å². The number of hydrogen-bond donors (Lipinski definition) is 1. The number of anilines is 1. The molecule has 0 saturated carbocycles. The SMILES string of the molecule is ClCCNc1nnc(-c2ccccc2)c(-c2ccccc2)n1. The minimum atomic E-state index is 0.485. The molecule has 0 bridgehead atoms. The molecular formula is C17H15ClN4. The van der Waals surface area contributed by atoms with Gasteiger partial charge in [0.05, 0.1) is 0 Å². The van der Waals surface area contributed by atoms with Gasteiger partial charge in [-0.25, -0.2) is 4.98 Å². The van der Waals surface area contributed by atoms with Crippen molar-refractivity contribution in [1.29, 1.82) is 0 Å². The van der Waals surface area contributed by atoms with Crippen molar-refractivity contribution < 1.29 is 0 Å². The molecule has 0 aliphatic rings. The second-order valence-electron chi connectivity index (χ2n) is 4.68. The molecule has 3 aromatic rings. The van der Waals surface area contributed by atoms with E-state index in [1.807, 2.05) is 60.7 Å². The van der Waals surface area contributed by atoms with Crippen molar-refractivity contribution >= 4 is 17.5 Å². The predicted molar refractivity (Wildman–Crippen MR) is 89.9 cm³/mol. The monoisotopic (exact) mass is 310 g/mol. The van der Waals surface area contributed by atoms with E-state index >= 15 is 0 Å². The lowest BCUT2D eigenvalue weighted by Gasteiger charge is -2.10. The number of rotatable bonds is 5. The van der Waals surface area contributed by atoms with Gasteiger partial charge in [-0.15, -0.1) is 21.8 Å². The van der Waals surface area contributed by atoms with E-state index < -0.39 is 0 Å². The summed E-state index contributed by atoms with van der Waals surface area (Å²) in [4.78, 5) is 4.61. The quantitative estimate of drug-likeness (QED) is 0.727. The normalized spacial score (nSPS) is 10.4. The molecule has 110 valence electrons. The average Bonchev–Trinajstić information content (AvgIpc) is 2.61. The number of alkyl halides is 1. The lowest BCUT2D eigenvalue weighted by Crippen LogP contribution is -2.09. The van der Waals surface area contributed by atoms with Crippen LogP contribution in [0.2, 0.25) is 0 Å². The van der Waals surface area contributed by atoms with Gasteiger partial charge in [-0.1, -0.05) is 60.7 Å². The molecule has 5 heteroatoms. The van der Waals surface area contributed by atoms with E-state index in [0.717, 1.165) is 22.5 Å². The van der Waals surface area contributed by atoms with Gasteiger partial charge in [-0.3, -0.25) is 0 Å². The molecule has 1 N–H and O–H groups in total. The number of hydrogen-bond acceptors (Lipinski definition) is 4. The summed E-state index contributed by atoms with van der Waals surface area (Å²) in [5, 5.41) is 11.6. The summed E-state index contributed by atoms with van der Waals surface area (Å²) in [5.41, 5.74) is 3.57. The molecular weight excluding hydrogens is 296 g/mol. The lowest BCUT2D eigenvalue weighted by atomic mass is 10.0. The molecule has 0 unspecified atom stereocenters. The maximum absolute atomic E-state index is 5.70. The second kappa shape index (κ2) is 7.00. The highest BCUT2D eigenvalue weighted by Gasteiger charge is 2.12. The van der Waals surface area contributed by atoms with Crippen LogP contribution in [0.25, 0.3) is 22.5 Å². The third-order valence-corrected chi connectivity index (χ3v) is 3.35. The molecule has 3 rings (SSSR count). The zero-order chi connectivity index (χ0) is 15.2. The van der Waals surface area contributed by atoms with Gasteiger partial charge in [0.15, 0.2) is 0 Å². The molecule has 0 amide bonds. The summed E-state index contributed by atoms with van der Waals surface area (Å²) in [6.07, 6.45) is 0. The van der Waals surface area contributed by atoms with Crippen molar-refractivity contribution in [3.8, 4) is 22.5 Å². The fourth-order valence-corrected chi connectivity index (χ4v) is 2.24. The fourth-order valence-electron chi connectivity index (χ4n) is 2.15. The Kier molecular flexibility index (Phi) is 4.61. The fraction of sp³-hybridized carbons (Fsp3) is 0.118. The zero-order valence-electron chi connectivity index (χ0n) is 11.9. The standard InChI is InChI=1S/C17H15ClN4/c18-11-12-19-17-20-15(13-7-3-1-4-8-13)16(21-22-17)14-9-5-2-6-10-14/h1-10H,11-12H2,(H,19,20,22). The molecule has 0 aliphatic carbocycles. The van der Waals surface area contributed by atoms with Gasteiger partial charge in [-0.2, -0.15) is 0 Å². The van der Waals surface area contributed by atoms with Crippen molar-refractivity contribution in [2.24, 2.45) is 0 Å². The maximum atomic E-state index is 5.70. The van der Waals surface area contributed by atoms with Crippen LogP contribution in [-0.4, -0.2) is 27.6 Å². The van der Waals surface area contributed by atoms with Crippen LogP contribution in [0, 0.1) is 0 Å². The van der Waals surface area contributed by atoms with E-state index in [-0.39, 0.29) is 0 Å². The van der Waals surface area contributed by atoms with E-state index in [1.54, 1.807) is 0 Å². The van der Waals surface area contributed by atoms with Gasteiger partial charge >= 0.3 is 0 Å². The topological polar surface area (TPSA) is 50.7 Å². The molecule has 0 spiro atoms. The Labute approximate surface area is 134 Å². The summed E-state index contributed by atoms with van der Waals surface area (Å²) in [6.45, 7) is 0.599. The van der Waals surface area contributed by atoms with Gasteiger partial charge < -0.3 is 5.32 Å². The molecule has 0 saturated heterocycles. The zero-order valence-corrected chi connectivity index (χ0v) is 12.7. The number of halogens is 1. The minimum Gasteiger partial charge on any atom is -0.352 e. The second-order valence-corrected chi connectivity index (χ2v) is 5.06. The van der Waals surface area contributed by atoms with Crippen molar-refractivity contribution in [3.63, 3.8) is 0 Å². The van der Waals surface area contributed by atoms with E-state index in [1.165, 1.54) is 0 Å². The highest BCUT2D eigenvalue weighted by Crippen LogP contribution is 2.28. The highest BCUT2D eigenvalue weighted by molar-refractivity contribution is 6.18. The van der Waals surface area contributed by atoms with E-state index in [0.29, 0.717) is 18.4 Å². The molecule has 2 aromatic carbocycles. The van der Waals surface area contributed by atoms with Crippen molar-refractivity contribution in [2.45, 2.75) is 0 Å². The molecule has 1 heterocycles. The smallest absolute Gasteiger partial charge is 0.243 e. The van der Waals surface area contributed by atoms with Gasteiger partial charge in [0.1, 0.15) is 11.4 Å². The van der Waals surface area contributed by atoms with Crippen LogP contribution in [0.5, 0.6) is 0 Å². The van der Waals surface area contributed by atoms with Crippen LogP contribution >= 0.6 is 11.6 Å².